The first kappa shape index (κ1) is 15.0. The number of hydrogen-bond acceptors (Lipinski definition) is 2. The van der Waals surface area contributed by atoms with Gasteiger partial charge < -0.3 is 10.1 Å². The van der Waals surface area contributed by atoms with E-state index in [1.54, 1.807) is 0 Å². The van der Waals surface area contributed by atoms with E-state index in [9.17, 15) is 0 Å². The molecular weight excluding hydrogens is 210 g/mol. The van der Waals surface area contributed by atoms with Gasteiger partial charge in [-0.3, -0.25) is 0 Å². The van der Waals surface area contributed by atoms with Crippen LogP contribution in [0.1, 0.15) is 66.2 Å². The van der Waals surface area contributed by atoms with E-state index in [2.05, 4.69) is 33.0 Å². The molecule has 17 heavy (non-hydrogen) atoms. The SMILES string of the molecule is CCCC(C)COC1(CNC(C)C)CCCC1. The van der Waals surface area contributed by atoms with Crippen molar-refractivity contribution >= 4 is 0 Å². The zero-order valence-electron chi connectivity index (χ0n) is 12.2. The molecule has 1 atom stereocenters. The van der Waals surface area contributed by atoms with Gasteiger partial charge in [-0.15, -0.1) is 0 Å². The molecule has 0 radical (unpaired) electrons. The van der Waals surface area contributed by atoms with Gasteiger partial charge in [0.1, 0.15) is 0 Å². The van der Waals surface area contributed by atoms with Crippen LogP contribution < -0.4 is 5.32 Å². The lowest BCUT2D eigenvalue weighted by atomic mass is 10.0. The lowest BCUT2D eigenvalue weighted by Crippen LogP contribution is -2.43. The maximum absolute atomic E-state index is 6.29. The molecule has 0 aromatic heterocycles. The maximum atomic E-state index is 6.29. The highest BCUT2D eigenvalue weighted by atomic mass is 16.5. The van der Waals surface area contributed by atoms with Gasteiger partial charge in [0.15, 0.2) is 0 Å². The fourth-order valence-electron chi connectivity index (χ4n) is 2.68. The molecule has 1 unspecified atom stereocenters. The number of ether oxygens (including phenoxy) is 1. The molecule has 0 spiro atoms. The summed E-state index contributed by atoms with van der Waals surface area (Å²) in [7, 11) is 0. The van der Waals surface area contributed by atoms with Crippen LogP contribution in [-0.4, -0.2) is 24.8 Å². The highest BCUT2D eigenvalue weighted by Gasteiger charge is 2.34. The minimum absolute atomic E-state index is 0.145. The van der Waals surface area contributed by atoms with Crippen molar-refractivity contribution in [2.45, 2.75) is 77.9 Å². The van der Waals surface area contributed by atoms with Gasteiger partial charge in [0.05, 0.1) is 5.60 Å². The largest absolute Gasteiger partial charge is 0.373 e. The molecule has 0 aliphatic heterocycles. The summed E-state index contributed by atoms with van der Waals surface area (Å²) in [4.78, 5) is 0. The topological polar surface area (TPSA) is 21.3 Å². The van der Waals surface area contributed by atoms with E-state index >= 15 is 0 Å². The molecule has 1 rings (SSSR count). The predicted octanol–water partition coefficient (Wildman–Crippen LogP) is 3.75. The molecule has 2 heteroatoms. The summed E-state index contributed by atoms with van der Waals surface area (Å²) >= 11 is 0. The minimum Gasteiger partial charge on any atom is -0.373 e. The van der Waals surface area contributed by atoms with Crippen molar-refractivity contribution in [1.29, 1.82) is 0 Å². The van der Waals surface area contributed by atoms with Gasteiger partial charge in [-0.05, 0) is 25.2 Å². The van der Waals surface area contributed by atoms with Gasteiger partial charge in [0.2, 0.25) is 0 Å². The van der Waals surface area contributed by atoms with Crippen LogP contribution in [0.2, 0.25) is 0 Å². The van der Waals surface area contributed by atoms with Crippen molar-refractivity contribution in [1.82, 2.24) is 5.32 Å². The van der Waals surface area contributed by atoms with Crippen LogP contribution in [0.3, 0.4) is 0 Å². The summed E-state index contributed by atoms with van der Waals surface area (Å²) in [6.45, 7) is 11.0. The van der Waals surface area contributed by atoms with E-state index in [1.165, 1.54) is 38.5 Å². The van der Waals surface area contributed by atoms with Crippen LogP contribution in [0, 0.1) is 5.92 Å². The molecule has 102 valence electrons. The first-order valence-corrected chi connectivity index (χ1v) is 7.45. The summed E-state index contributed by atoms with van der Waals surface area (Å²) in [5, 5.41) is 3.56. The quantitative estimate of drug-likeness (QED) is 0.699. The standard InChI is InChI=1S/C15H31NO/c1-5-8-14(4)11-17-15(9-6-7-10-15)12-16-13(2)3/h13-14,16H,5-12H2,1-4H3. The Kier molecular flexibility index (Phi) is 6.50. The Morgan fingerprint density at radius 2 is 1.82 bits per heavy atom. The summed E-state index contributed by atoms with van der Waals surface area (Å²) in [5.41, 5.74) is 0.145. The van der Waals surface area contributed by atoms with E-state index < -0.39 is 0 Å². The van der Waals surface area contributed by atoms with Crippen LogP contribution >= 0.6 is 0 Å². The van der Waals surface area contributed by atoms with Crippen molar-refractivity contribution in [3.63, 3.8) is 0 Å². The third kappa shape index (κ3) is 5.39. The minimum atomic E-state index is 0.145. The summed E-state index contributed by atoms with van der Waals surface area (Å²) < 4.78 is 6.29. The molecule has 0 bridgehead atoms. The van der Waals surface area contributed by atoms with Crippen molar-refractivity contribution in [3.05, 3.63) is 0 Å². The van der Waals surface area contributed by atoms with Gasteiger partial charge in [-0.2, -0.15) is 0 Å². The van der Waals surface area contributed by atoms with Crippen LogP contribution in [0.15, 0.2) is 0 Å². The van der Waals surface area contributed by atoms with E-state index in [1.807, 2.05) is 0 Å². The van der Waals surface area contributed by atoms with E-state index in [4.69, 9.17) is 4.74 Å². The highest BCUT2D eigenvalue weighted by Crippen LogP contribution is 2.33. The molecular formula is C15H31NO. The van der Waals surface area contributed by atoms with Gasteiger partial charge >= 0.3 is 0 Å². The first-order valence-electron chi connectivity index (χ1n) is 7.45. The zero-order chi connectivity index (χ0) is 12.7. The Morgan fingerprint density at radius 1 is 1.18 bits per heavy atom. The summed E-state index contributed by atoms with van der Waals surface area (Å²) in [6, 6.07) is 0.559. The number of rotatable bonds is 8. The second-order valence-corrected chi connectivity index (χ2v) is 6.13. The fourth-order valence-corrected chi connectivity index (χ4v) is 2.68. The monoisotopic (exact) mass is 241 g/mol. The van der Waals surface area contributed by atoms with Gasteiger partial charge in [0.25, 0.3) is 0 Å². The second-order valence-electron chi connectivity index (χ2n) is 6.13. The van der Waals surface area contributed by atoms with Crippen molar-refractivity contribution in [2.75, 3.05) is 13.2 Å². The van der Waals surface area contributed by atoms with Crippen LogP contribution in [0.5, 0.6) is 0 Å². The average molecular weight is 241 g/mol. The van der Waals surface area contributed by atoms with Crippen LogP contribution in [0.25, 0.3) is 0 Å². The van der Waals surface area contributed by atoms with Crippen molar-refractivity contribution in [3.8, 4) is 0 Å². The normalized spacial score (nSPS) is 21.0. The van der Waals surface area contributed by atoms with Crippen LogP contribution in [-0.2, 0) is 4.74 Å². The Hall–Kier alpha value is -0.0800. The molecule has 2 nitrogen and oxygen atoms in total. The third-order valence-corrected chi connectivity index (χ3v) is 3.80. The summed E-state index contributed by atoms with van der Waals surface area (Å²) in [5.74, 6) is 0.705. The fraction of sp³-hybridized carbons (Fsp3) is 1.00. The Morgan fingerprint density at radius 3 is 2.35 bits per heavy atom. The predicted molar refractivity (Wildman–Crippen MR) is 74.4 cm³/mol. The second kappa shape index (κ2) is 7.38. The van der Waals surface area contributed by atoms with E-state index in [0.29, 0.717) is 12.0 Å². The van der Waals surface area contributed by atoms with Crippen molar-refractivity contribution in [2.24, 2.45) is 5.92 Å². The Labute approximate surface area is 108 Å². The molecule has 0 aromatic carbocycles. The van der Waals surface area contributed by atoms with Gasteiger partial charge in [0, 0.05) is 19.2 Å². The van der Waals surface area contributed by atoms with Crippen LogP contribution in [0.4, 0.5) is 0 Å². The molecule has 1 N–H and O–H groups in total. The molecule has 1 aliphatic rings. The Bertz CT molecular complexity index is 197. The lowest BCUT2D eigenvalue weighted by Gasteiger charge is -2.32. The molecule has 0 aromatic rings. The average Bonchev–Trinajstić information content (AvgIpc) is 2.74. The Balaban J connectivity index is 2.36. The molecule has 1 fully saturated rings. The molecule has 0 amide bonds. The molecule has 0 heterocycles. The number of nitrogens with one attached hydrogen (secondary N) is 1. The van der Waals surface area contributed by atoms with E-state index in [0.717, 1.165) is 13.2 Å². The zero-order valence-corrected chi connectivity index (χ0v) is 12.2. The lowest BCUT2D eigenvalue weighted by molar-refractivity contribution is -0.0548. The third-order valence-electron chi connectivity index (χ3n) is 3.80. The van der Waals surface area contributed by atoms with Crippen molar-refractivity contribution < 1.29 is 4.74 Å². The number of hydrogen-bond donors (Lipinski definition) is 1. The maximum Gasteiger partial charge on any atom is 0.0806 e. The smallest absolute Gasteiger partial charge is 0.0806 e. The molecule has 1 aliphatic carbocycles. The van der Waals surface area contributed by atoms with Gasteiger partial charge in [-0.1, -0.05) is 47.0 Å². The molecule has 0 saturated heterocycles. The first-order chi connectivity index (χ1) is 8.08. The highest BCUT2D eigenvalue weighted by molar-refractivity contribution is 4.89. The summed E-state index contributed by atoms with van der Waals surface area (Å²) in [6.07, 6.45) is 7.70. The van der Waals surface area contributed by atoms with Gasteiger partial charge in [-0.25, -0.2) is 0 Å². The van der Waals surface area contributed by atoms with E-state index in [-0.39, 0.29) is 5.60 Å². The molecule has 1 saturated carbocycles.